The van der Waals surface area contributed by atoms with Crippen LogP contribution in [0.3, 0.4) is 0 Å². The van der Waals surface area contributed by atoms with Gasteiger partial charge in [-0.15, -0.1) is 0 Å². The van der Waals surface area contributed by atoms with Crippen LogP contribution in [0.1, 0.15) is 56.3 Å². The molecule has 2 rings (SSSR count). The average Bonchev–Trinajstić information content (AvgIpc) is 2.37. The summed E-state index contributed by atoms with van der Waals surface area (Å²) in [7, 11) is 1.41. The van der Waals surface area contributed by atoms with Crippen LogP contribution in [-0.2, 0) is 16.6 Å². The molecule has 3 nitrogen and oxygen atoms in total. The van der Waals surface area contributed by atoms with Crippen molar-refractivity contribution in [2.45, 2.75) is 51.5 Å². The number of methoxy groups -OCH3 is 1. The summed E-state index contributed by atoms with van der Waals surface area (Å²) in [6.07, 6.45) is 2.84. The highest BCUT2D eigenvalue weighted by Gasteiger charge is 2.24. The zero-order chi connectivity index (χ0) is 14.0. The molecule has 104 valence electrons. The van der Waals surface area contributed by atoms with Crippen LogP contribution in [0.25, 0.3) is 0 Å². The Bertz CT molecular complexity index is 474. The predicted molar refractivity (Wildman–Crippen MR) is 76.4 cm³/mol. The van der Waals surface area contributed by atoms with Gasteiger partial charge in [-0.2, -0.15) is 0 Å². The largest absolute Gasteiger partial charge is 0.453 e. The van der Waals surface area contributed by atoms with E-state index in [0.29, 0.717) is 0 Å². The van der Waals surface area contributed by atoms with Crippen LogP contribution in [0.4, 0.5) is 4.79 Å². The monoisotopic (exact) mass is 261 g/mol. The minimum atomic E-state index is -0.348. The number of rotatable bonds is 1. The van der Waals surface area contributed by atoms with Gasteiger partial charge in [0.15, 0.2) is 0 Å². The van der Waals surface area contributed by atoms with Crippen molar-refractivity contribution < 1.29 is 9.53 Å². The maximum absolute atomic E-state index is 11.4. The molecule has 1 unspecified atom stereocenters. The molecule has 0 aromatic heterocycles. The third-order valence-corrected chi connectivity index (χ3v) is 3.80. The van der Waals surface area contributed by atoms with Crippen molar-refractivity contribution in [3.8, 4) is 0 Å². The zero-order valence-electron chi connectivity index (χ0n) is 12.2. The Morgan fingerprint density at radius 3 is 2.74 bits per heavy atom. The number of benzene rings is 1. The summed E-state index contributed by atoms with van der Waals surface area (Å²) >= 11 is 0. The van der Waals surface area contributed by atoms with Crippen LogP contribution in [0.2, 0.25) is 0 Å². The predicted octanol–water partition coefficient (Wildman–Crippen LogP) is 3.72. The highest BCUT2D eigenvalue weighted by molar-refractivity contribution is 5.68. The number of nitrogens with one attached hydrogen (secondary N) is 1. The summed E-state index contributed by atoms with van der Waals surface area (Å²) in [5, 5.41) is 2.94. The Morgan fingerprint density at radius 2 is 2.11 bits per heavy atom. The van der Waals surface area contributed by atoms with Gasteiger partial charge in [0.2, 0.25) is 0 Å². The fourth-order valence-electron chi connectivity index (χ4n) is 2.62. The van der Waals surface area contributed by atoms with Crippen molar-refractivity contribution in [1.29, 1.82) is 0 Å². The van der Waals surface area contributed by atoms with Gasteiger partial charge < -0.3 is 10.1 Å². The maximum atomic E-state index is 11.4. The molecule has 0 spiro atoms. The Kier molecular flexibility index (Phi) is 3.83. The van der Waals surface area contributed by atoms with Gasteiger partial charge in [-0.25, -0.2) is 4.79 Å². The minimum Gasteiger partial charge on any atom is -0.453 e. The minimum absolute atomic E-state index is 0.0819. The molecular formula is C16H23NO2. The highest BCUT2D eigenvalue weighted by atomic mass is 16.5. The van der Waals surface area contributed by atoms with Crippen molar-refractivity contribution >= 4 is 6.09 Å². The maximum Gasteiger partial charge on any atom is 0.407 e. The molecule has 1 N–H and O–H groups in total. The van der Waals surface area contributed by atoms with Crippen LogP contribution in [0, 0.1) is 0 Å². The number of amides is 1. The molecule has 0 radical (unpaired) electrons. The van der Waals surface area contributed by atoms with E-state index in [4.69, 9.17) is 4.74 Å². The molecule has 1 aromatic rings. The van der Waals surface area contributed by atoms with Gasteiger partial charge in [-0.05, 0) is 41.4 Å². The number of fused-ring (bicyclic) bond motifs is 1. The van der Waals surface area contributed by atoms with E-state index in [1.54, 1.807) is 0 Å². The number of alkyl carbamates (subject to hydrolysis) is 1. The van der Waals surface area contributed by atoms with Crippen LogP contribution < -0.4 is 5.32 Å². The summed E-state index contributed by atoms with van der Waals surface area (Å²) in [4.78, 5) is 11.4. The fourth-order valence-corrected chi connectivity index (χ4v) is 2.62. The molecule has 0 aliphatic heterocycles. The van der Waals surface area contributed by atoms with E-state index in [2.05, 4.69) is 44.3 Å². The van der Waals surface area contributed by atoms with Gasteiger partial charge >= 0.3 is 6.09 Å². The lowest BCUT2D eigenvalue weighted by Gasteiger charge is -2.29. The Labute approximate surface area is 115 Å². The molecule has 3 heteroatoms. The Morgan fingerprint density at radius 1 is 1.37 bits per heavy atom. The number of hydrogen-bond acceptors (Lipinski definition) is 2. The van der Waals surface area contributed by atoms with Crippen LogP contribution >= 0.6 is 0 Å². The van der Waals surface area contributed by atoms with Crippen molar-refractivity contribution in [3.05, 3.63) is 34.9 Å². The molecule has 1 aromatic carbocycles. The van der Waals surface area contributed by atoms with E-state index in [9.17, 15) is 4.79 Å². The second-order valence-corrected chi connectivity index (χ2v) is 6.24. The number of aryl methyl sites for hydroxylation is 1. The summed E-state index contributed by atoms with van der Waals surface area (Å²) in [6, 6.07) is 6.74. The van der Waals surface area contributed by atoms with E-state index >= 15 is 0 Å². The molecule has 19 heavy (non-hydrogen) atoms. The van der Waals surface area contributed by atoms with E-state index < -0.39 is 0 Å². The average molecular weight is 261 g/mol. The van der Waals surface area contributed by atoms with Gasteiger partial charge in [-0.1, -0.05) is 39.0 Å². The topological polar surface area (TPSA) is 38.3 Å². The summed E-state index contributed by atoms with van der Waals surface area (Å²) in [5.74, 6) is 0. The molecule has 1 aliphatic carbocycles. The van der Waals surface area contributed by atoms with Crippen molar-refractivity contribution in [2.75, 3.05) is 7.11 Å². The standard InChI is InChI=1S/C16H23NO2/c1-16(2,3)12-9-8-11-6-5-7-14(13(11)10-12)17-15(18)19-4/h8-10,14H,5-7H2,1-4H3,(H,17,18). The van der Waals surface area contributed by atoms with E-state index in [-0.39, 0.29) is 17.6 Å². The van der Waals surface area contributed by atoms with Crippen LogP contribution in [-0.4, -0.2) is 13.2 Å². The smallest absolute Gasteiger partial charge is 0.407 e. The molecule has 1 atom stereocenters. The first-order valence-corrected chi connectivity index (χ1v) is 6.89. The number of carbonyl (C=O) groups is 1. The lowest BCUT2D eigenvalue weighted by atomic mass is 9.80. The highest BCUT2D eigenvalue weighted by Crippen LogP contribution is 2.33. The summed E-state index contributed by atoms with van der Waals surface area (Å²) in [5.41, 5.74) is 4.04. The third kappa shape index (κ3) is 3.09. The molecule has 0 fully saturated rings. The van der Waals surface area contributed by atoms with Gasteiger partial charge in [0, 0.05) is 0 Å². The molecule has 1 aliphatic rings. The lowest BCUT2D eigenvalue weighted by Crippen LogP contribution is -2.31. The normalized spacial score (nSPS) is 18.6. The Hall–Kier alpha value is -1.51. The number of carbonyl (C=O) groups excluding carboxylic acids is 1. The number of ether oxygens (including phenoxy) is 1. The first kappa shape index (κ1) is 13.9. The molecular weight excluding hydrogens is 238 g/mol. The van der Waals surface area contributed by atoms with Crippen molar-refractivity contribution in [2.24, 2.45) is 0 Å². The molecule has 0 saturated heterocycles. The zero-order valence-corrected chi connectivity index (χ0v) is 12.2. The van der Waals surface area contributed by atoms with Crippen LogP contribution in [0.15, 0.2) is 18.2 Å². The van der Waals surface area contributed by atoms with Gasteiger partial charge in [0.25, 0.3) is 0 Å². The van der Waals surface area contributed by atoms with Gasteiger partial charge in [0.05, 0.1) is 13.2 Å². The van der Waals surface area contributed by atoms with E-state index in [0.717, 1.165) is 19.3 Å². The first-order chi connectivity index (χ1) is 8.91. The quantitative estimate of drug-likeness (QED) is 0.836. The first-order valence-electron chi connectivity index (χ1n) is 6.89. The molecule has 1 amide bonds. The van der Waals surface area contributed by atoms with Crippen LogP contribution in [0.5, 0.6) is 0 Å². The SMILES string of the molecule is COC(=O)NC1CCCc2ccc(C(C)(C)C)cc21. The molecule has 0 bridgehead atoms. The Balaban J connectivity index is 2.33. The van der Waals surface area contributed by atoms with Gasteiger partial charge in [0.1, 0.15) is 0 Å². The van der Waals surface area contributed by atoms with Crippen molar-refractivity contribution in [1.82, 2.24) is 5.32 Å². The van der Waals surface area contributed by atoms with Crippen molar-refractivity contribution in [3.63, 3.8) is 0 Å². The third-order valence-electron chi connectivity index (χ3n) is 3.80. The van der Waals surface area contributed by atoms with E-state index in [1.165, 1.54) is 23.8 Å². The second-order valence-electron chi connectivity index (χ2n) is 6.24. The molecule has 0 saturated carbocycles. The molecule has 0 heterocycles. The van der Waals surface area contributed by atoms with Gasteiger partial charge in [-0.3, -0.25) is 0 Å². The summed E-state index contributed by atoms with van der Waals surface area (Å²) in [6.45, 7) is 6.63. The lowest BCUT2D eigenvalue weighted by molar-refractivity contribution is 0.165. The summed E-state index contributed by atoms with van der Waals surface area (Å²) < 4.78 is 4.72. The van der Waals surface area contributed by atoms with E-state index in [1.807, 2.05) is 0 Å². The second kappa shape index (κ2) is 5.24. The fraction of sp³-hybridized carbons (Fsp3) is 0.562. The number of hydrogen-bond donors (Lipinski definition) is 1.